The lowest BCUT2D eigenvalue weighted by atomic mass is 9.84. The van der Waals surface area contributed by atoms with E-state index in [1.54, 1.807) is 0 Å². The summed E-state index contributed by atoms with van der Waals surface area (Å²) in [6.45, 7) is 2.72. The molecule has 0 amide bonds. The van der Waals surface area contributed by atoms with Crippen LogP contribution in [0.2, 0.25) is 0 Å². The van der Waals surface area contributed by atoms with Gasteiger partial charge in [0, 0.05) is 18.4 Å². The lowest BCUT2D eigenvalue weighted by Crippen LogP contribution is -2.35. The second-order valence-electron chi connectivity index (χ2n) is 5.21. The van der Waals surface area contributed by atoms with Crippen molar-refractivity contribution >= 4 is 16.9 Å². The molecule has 2 rings (SSSR count). The topological polar surface area (TPSA) is 66.4 Å². The zero-order valence-corrected chi connectivity index (χ0v) is 12.5. The third-order valence-electron chi connectivity index (χ3n) is 3.92. The van der Waals surface area contributed by atoms with Crippen molar-refractivity contribution in [1.82, 2.24) is 5.32 Å². The summed E-state index contributed by atoms with van der Waals surface area (Å²) < 4.78 is 20.2. The van der Waals surface area contributed by atoms with Crippen LogP contribution < -0.4 is 5.32 Å². The van der Waals surface area contributed by atoms with E-state index in [1.165, 1.54) is 0 Å². The molecule has 0 bridgehead atoms. The maximum Gasteiger partial charge on any atom is 0.157 e. The highest BCUT2D eigenvalue weighted by Gasteiger charge is 2.27. The first-order valence-corrected chi connectivity index (χ1v) is 8.30. The van der Waals surface area contributed by atoms with Crippen LogP contribution in [0.3, 0.4) is 0 Å². The minimum absolute atomic E-state index is 0.101. The molecule has 0 spiro atoms. The van der Waals surface area contributed by atoms with Crippen molar-refractivity contribution in [3.63, 3.8) is 0 Å². The monoisotopic (exact) mass is 295 g/mol. The smallest absolute Gasteiger partial charge is 0.157 e. The van der Waals surface area contributed by atoms with Crippen molar-refractivity contribution in [2.24, 2.45) is 5.92 Å². The van der Waals surface area contributed by atoms with Crippen LogP contribution in [0.1, 0.15) is 43.4 Å². The van der Waals surface area contributed by atoms with E-state index in [4.69, 9.17) is 4.55 Å². The molecule has 1 heterocycles. The summed E-state index contributed by atoms with van der Waals surface area (Å²) in [4.78, 5) is 11.9. The van der Waals surface area contributed by atoms with Gasteiger partial charge in [0.05, 0.1) is 5.75 Å². The largest absolute Gasteiger partial charge is 0.310 e. The summed E-state index contributed by atoms with van der Waals surface area (Å²) >= 11 is -1.85. The van der Waals surface area contributed by atoms with Crippen molar-refractivity contribution in [3.8, 4) is 0 Å². The Hall–Kier alpha value is -1.04. The van der Waals surface area contributed by atoms with Gasteiger partial charge < -0.3 is 9.87 Å². The number of carbonyl (C=O) groups is 1. The molecule has 4 nitrogen and oxygen atoms in total. The third-order valence-corrected chi connectivity index (χ3v) is 4.48. The molecular formula is C15H21NO3S. The third kappa shape index (κ3) is 3.75. The number of piperidine rings is 1. The highest BCUT2D eigenvalue weighted by Crippen LogP contribution is 2.30. The van der Waals surface area contributed by atoms with Gasteiger partial charge in [0.25, 0.3) is 0 Å². The molecule has 3 atom stereocenters. The number of carbonyl (C=O) groups excluding carboxylic acids is 1. The Morgan fingerprint density at radius 1 is 1.45 bits per heavy atom. The molecule has 1 aromatic carbocycles. The molecule has 1 aliphatic heterocycles. The van der Waals surface area contributed by atoms with Crippen LogP contribution in [-0.4, -0.2) is 21.1 Å². The first-order valence-electron chi connectivity index (χ1n) is 7.03. The summed E-state index contributed by atoms with van der Waals surface area (Å²) in [6, 6.07) is 7.79. The van der Waals surface area contributed by atoms with E-state index >= 15 is 0 Å². The standard InChI is InChI=1S/C15H21NO3S/c1-2-15(17)11-7-8-16-14(9-11)13-6-4-3-5-12(13)10-20(18)19/h3-6,11,14,16H,2,7-10H2,1H3,(H,18,19). The molecule has 1 fully saturated rings. The van der Waals surface area contributed by atoms with Gasteiger partial charge in [-0.2, -0.15) is 0 Å². The zero-order valence-electron chi connectivity index (χ0n) is 11.7. The average Bonchev–Trinajstić information content (AvgIpc) is 2.46. The number of ketones is 1. The van der Waals surface area contributed by atoms with E-state index < -0.39 is 11.1 Å². The fourth-order valence-electron chi connectivity index (χ4n) is 2.87. The molecule has 2 N–H and O–H groups in total. The van der Waals surface area contributed by atoms with E-state index in [0.29, 0.717) is 12.2 Å². The maximum atomic E-state index is 11.9. The number of rotatable bonds is 5. The Kier molecular flexibility index (Phi) is 5.46. The second kappa shape index (κ2) is 7.11. The summed E-state index contributed by atoms with van der Waals surface area (Å²) in [5, 5.41) is 3.43. The van der Waals surface area contributed by atoms with Crippen molar-refractivity contribution in [1.29, 1.82) is 0 Å². The van der Waals surface area contributed by atoms with Crippen molar-refractivity contribution in [3.05, 3.63) is 35.4 Å². The SMILES string of the molecule is CCC(=O)C1CCNC(c2ccccc2CS(=O)O)C1. The van der Waals surface area contributed by atoms with E-state index in [-0.39, 0.29) is 17.7 Å². The molecule has 1 saturated heterocycles. The summed E-state index contributed by atoms with van der Waals surface area (Å²) in [5.74, 6) is 0.569. The first kappa shape index (κ1) is 15.4. The molecule has 0 saturated carbocycles. The molecule has 0 aromatic heterocycles. The van der Waals surface area contributed by atoms with Crippen LogP contribution >= 0.6 is 0 Å². The molecule has 0 radical (unpaired) electrons. The van der Waals surface area contributed by atoms with Gasteiger partial charge in [0.2, 0.25) is 0 Å². The summed E-state index contributed by atoms with van der Waals surface area (Å²) in [5.41, 5.74) is 1.93. The number of nitrogens with one attached hydrogen (secondary N) is 1. The number of hydrogen-bond donors (Lipinski definition) is 2. The van der Waals surface area contributed by atoms with E-state index in [1.807, 2.05) is 31.2 Å². The average molecular weight is 295 g/mol. The molecule has 1 aromatic rings. The maximum absolute atomic E-state index is 11.9. The molecule has 5 heteroatoms. The lowest BCUT2D eigenvalue weighted by Gasteiger charge is -2.31. The van der Waals surface area contributed by atoms with Gasteiger partial charge in [0.15, 0.2) is 11.1 Å². The van der Waals surface area contributed by atoms with Crippen LogP contribution in [0.15, 0.2) is 24.3 Å². The fourth-order valence-corrected chi connectivity index (χ4v) is 3.40. The van der Waals surface area contributed by atoms with Crippen LogP contribution in [0.5, 0.6) is 0 Å². The molecule has 0 aliphatic carbocycles. The van der Waals surface area contributed by atoms with Gasteiger partial charge in [-0.3, -0.25) is 4.79 Å². The van der Waals surface area contributed by atoms with Gasteiger partial charge in [-0.1, -0.05) is 31.2 Å². The molecule has 3 unspecified atom stereocenters. The van der Waals surface area contributed by atoms with Crippen LogP contribution in [0, 0.1) is 5.92 Å². The minimum Gasteiger partial charge on any atom is -0.310 e. The highest BCUT2D eigenvalue weighted by atomic mass is 32.2. The normalized spacial score (nSPS) is 24.3. The van der Waals surface area contributed by atoms with Crippen molar-refractivity contribution < 1.29 is 13.6 Å². The Bertz CT molecular complexity index is 504. The van der Waals surface area contributed by atoms with Crippen LogP contribution in [0.25, 0.3) is 0 Å². The van der Waals surface area contributed by atoms with Crippen LogP contribution in [0.4, 0.5) is 0 Å². The van der Waals surface area contributed by atoms with Crippen molar-refractivity contribution in [2.75, 3.05) is 6.54 Å². The Morgan fingerprint density at radius 2 is 2.20 bits per heavy atom. The summed E-state index contributed by atoms with van der Waals surface area (Å²) in [7, 11) is 0. The van der Waals surface area contributed by atoms with E-state index in [2.05, 4.69) is 5.32 Å². The van der Waals surface area contributed by atoms with Gasteiger partial charge >= 0.3 is 0 Å². The lowest BCUT2D eigenvalue weighted by molar-refractivity contribution is -0.123. The molecule has 1 aliphatic rings. The Morgan fingerprint density at radius 3 is 2.90 bits per heavy atom. The number of Topliss-reactive ketones (excluding diaryl/α,β-unsaturated/α-hetero) is 1. The predicted octanol–water partition coefficient (Wildman–Crippen LogP) is 2.43. The Labute approximate surface area is 122 Å². The van der Waals surface area contributed by atoms with E-state index in [9.17, 15) is 9.00 Å². The van der Waals surface area contributed by atoms with Crippen LogP contribution in [-0.2, 0) is 21.6 Å². The second-order valence-corrected chi connectivity index (χ2v) is 6.14. The van der Waals surface area contributed by atoms with Crippen molar-refractivity contribution in [2.45, 2.75) is 38.0 Å². The predicted molar refractivity (Wildman–Crippen MR) is 79.7 cm³/mol. The molecule has 110 valence electrons. The summed E-state index contributed by atoms with van der Waals surface area (Å²) in [6.07, 6.45) is 2.25. The first-order chi connectivity index (χ1) is 9.61. The minimum atomic E-state index is -1.85. The van der Waals surface area contributed by atoms with Gasteiger partial charge in [0.1, 0.15) is 5.78 Å². The number of hydrogen-bond acceptors (Lipinski definition) is 3. The highest BCUT2D eigenvalue weighted by molar-refractivity contribution is 7.78. The quantitative estimate of drug-likeness (QED) is 0.819. The Balaban J connectivity index is 2.18. The number of benzene rings is 1. The van der Waals surface area contributed by atoms with Gasteiger partial charge in [-0.25, -0.2) is 4.21 Å². The molecular weight excluding hydrogens is 274 g/mol. The van der Waals surface area contributed by atoms with E-state index in [0.717, 1.165) is 30.5 Å². The van der Waals surface area contributed by atoms with Gasteiger partial charge in [-0.15, -0.1) is 0 Å². The zero-order chi connectivity index (χ0) is 14.5. The van der Waals surface area contributed by atoms with Gasteiger partial charge in [-0.05, 0) is 30.5 Å². The fraction of sp³-hybridized carbons (Fsp3) is 0.533. The molecule has 20 heavy (non-hydrogen) atoms.